The lowest BCUT2D eigenvalue weighted by Gasteiger charge is -2.34. The lowest BCUT2D eigenvalue weighted by Crippen LogP contribution is -2.44. The van der Waals surface area contributed by atoms with Crippen molar-refractivity contribution in [2.45, 2.75) is 64.9 Å². The number of hydrogen-bond donors (Lipinski definition) is 2. The predicted molar refractivity (Wildman–Crippen MR) is 151 cm³/mol. The van der Waals surface area contributed by atoms with E-state index in [2.05, 4.69) is 29.6 Å². The molecule has 2 amide bonds. The number of urea groups is 1. The van der Waals surface area contributed by atoms with Crippen molar-refractivity contribution in [1.29, 1.82) is 0 Å². The zero-order valence-electron chi connectivity index (χ0n) is 22.4. The second-order valence-corrected chi connectivity index (χ2v) is 10.9. The van der Waals surface area contributed by atoms with Crippen molar-refractivity contribution in [2.24, 2.45) is 5.92 Å². The number of nitrogens with zero attached hydrogens (tertiary/aromatic N) is 1. The molecule has 1 unspecified atom stereocenters. The van der Waals surface area contributed by atoms with Crippen LogP contribution in [0.15, 0.2) is 60.7 Å². The maximum Gasteiger partial charge on any atom is 0.326 e. The zero-order chi connectivity index (χ0) is 26.8. The number of carboxylic acids is 1. The summed E-state index contributed by atoms with van der Waals surface area (Å²) in [5.74, 6) is 0.818. The molecular weight excluding hydrogens is 476 g/mol. The molecule has 6 nitrogen and oxygen atoms in total. The van der Waals surface area contributed by atoms with Gasteiger partial charge in [0.2, 0.25) is 0 Å². The van der Waals surface area contributed by atoms with Crippen LogP contribution in [0.4, 0.5) is 16.2 Å². The van der Waals surface area contributed by atoms with E-state index >= 15 is 0 Å². The number of benzene rings is 3. The van der Waals surface area contributed by atoms with Gasteiger partial charge in [0.15, 0.2) is 0 Å². The SMILES string of the molecule is Cc1ccc(C)c(NC(=O)N2CC(C)Oc3cc(-c4ccc(C5CCC(CC(=O)O)CC5)cc4)ccc32)c1. The summed E-state index contributed by atoms with van der Waals surface area (Å²) in [4.78, 5) is 26.1. The van der Waals surface area contributed by atoms with Crippen LogP contribution in [0.3, 0.4) is 0 Å². The molecule has 38 heavy (non-hydrogen) atoms. The number of amides is 2. The molecule has 2 N–H and O–H groups in total. The molecule has 1 heterocycles. The van der Waals surface area contributed by atoms with Crippen molar-refractivity contribution in [3.8, 4) is 16.9 Å². The van der Waals surface area contributed by atoms with Gasteiger partial charge in [-0.3, -0.25) is 9.69 Å². The van der Waals surface area contributed by atoms with Crippen LogP contribution in [0.1, 0.15) is 61.6 Å². The van der Waals surface area contributed by atoms with Gasteiger partial charge in [0.25, 0.3) is 0 Å². The second kappa shape index (κ2) is 10.9. The normalized spacial score (nSPS) is 20.8. The number of aryl methyl sites for hydroxylation is 2. The fraction of sp³-hybridized carbons (Fsp3) is 0.375. The number of ether oxygens (including phenoxy) is 1. The summed E-state index contributed by atoms with van der Waals surface area (Å²) in [6, 6.07) is 20.6. The number of aliphatic carboxylic acids is 1. The first-order valence-corrected chi connectivity index (χ1v) is 13.6. The lowest BCUT2D eigenvalue weighted by atomic mass is 9.77. The van der Waals surface area contributed by atoms with Crippen molar-refractivity contribution >= 4 is 23.4 Å². The van der Waals surface area contributed by atoms with Crippen molar-refractivity contribution in [1.82, 2.24) is 0 Å². The molecule has 1 atom stereocenters. The van der Waals surface area contributed by atoms with Gasteiger partial charge in [-0.15, -0.1) is 0 Å². The molecule has 3 aromatic rings. The lowest BCUT2D eigenvalue weighted by molar-refractivity contribution is -0.138. The quantitative estimate of drug-likeness (QED) is 0.370. The molecule has 198 valence electrons. The largest absolute Gasteiger partial charge is 0.487 e. The van der Waals surface area contributed by atoms with E-state index < -0.39 is 5.97 Å². The predicted octanol–water partition coefficient (Wildman–Crippen LogP) is 7.54. The molecular formula is C32H36N2O4. The van der Waals surface area contributed by atoms with Crippen LogP contribution in [-0.4, -0.2) is 29.8 Å². The van der Waals surface area contributed by atoms with E-state index in [4.69, 9.17) is 9.84 Å². The Labute approximate surface area is 224 Å². The van der Waals surface area contributed by atoms with Gasteiger partial charge in [0.05, 0.1) is 12.2 Å². The highest BCUT2D eigenvalue weighted by Crippen LogP contribution is 2.40. The first-order chi connectivity index (χ1) is 18.3. The minimum Gasteiger partial charge on any atom is -0.487 e. The monoisotopic (exact) mass is 512 g/mol. The van der Waals surface area contributed by atoms with E-state index in [0.29, 0.717) is 24.1 Å². The van der Waals surface area contributed by atoms with Gasteiger partial charge in [-0.2, -0.15) is 0 Å². The highest BCUT2D eigenvalue weighted by molar-refractivity contribution is 6.03. The molecule has 6 heteroatoms. The maximum atomic E-state index is 13.3. The fourth-order valence-electron chi connectivity index (χ4n) is 5.76. The third-order valence-electron chi connectivity index (χ3n) is 7.92. The van der Waals surface area contributed by atoms with Crippen LogP contribution >= 0.6 is 0 Å². The van der Waals surface area contributed by atoms with Crippen molar-refractivity contribution in [2.75, 3.05) is 16.8 Å². The van der Waals surface area contributed by atoms with Crippen molar-refractivity contribution < 1.29 is 19.4 Å². The number of hydrogen-bond acceptors (Lipinski definition) is 3. The molecule has 0 bridgehead atoms. The zero-order valence-corrected chi connectivity index (χ0v) is 22.4. The van der Waals surface area contributed by atoms with Crippen LogP contribution < -0.4 is 15.0 Å². The summed E-state index contributed by atoms with van der Waals surface area (Å²) in [5, 5.41) is 12.1. The molecule has 1 aliphatic heterocycles. The highest BCUT2D eigenvalue weighted by Gasteiger charge is 2.29. The van der Waals surface area contributed by atoms with Crippen LogP contribution in [0.2, 0.25) is 0 Å². The Morgan fingerprint density at radius 1 is 0.947 bits per heavy atom. The molecule has 0 saturated heterocycles. The summed E-state index contributed by atoms with van der Waals surface area (Å²) in [6.45, 7) is 6.47. The number of anilines is 2. The van der Waals surface area contributed by atoms with E-state index in [-0.39, 0.29) is 18.6 Å². The Morgan fingerprint density at radius 2 is 1.66 bits per heavy atom. The molecule has 2 aliphatic rings. The second-order valence-electron chi connectivity index (χ2n) is 10.9. The standard InChI is InChI=1S/C32H36N2O4/c1-20-4-5-21(2)28(16-20)33-32(37)34-19-22(3)38-30-18-27(14-15-29(30)34)26-12-10-25(11-13-26)24-8-6-23(7-9-24)17-31(35)36/h4-5,10-16,18,22-24H,6-9,17,19H2,1-3H3,(H,33,37)(H,35,36). The minimum atomic E-state index is -0.689. The summed E-state index contributed by atoms with van der Waals surface area (Å²) in [6.07, 6.45) is 4.21. The molecule has 1 aliphatic carbocycles. The van der Waals surface area contributed by atoms with Gasteiger partial charge in [-0.1, -0.05) is 42.5 Å². The van der Waals surface area contributed by atoms with Gasteiger partial charge in [0, 0.05) is 12.1 Å². The number of carbonyl (C=O) groups is 2. The Bertz CT molecular complexity index is 1330. The van der Waals surface area contributed by atoms with Gasteiger partial charge in [0.1, 0.15) is 11.9 Å². The summed E-state index contributed by atoms with van der Waals surface area (Å²) >= 11 is 0. The molecule has 3 aromatic carbocycles. The van der Waals surface area contributed by atoms with Crippen LogP contribution in [-0.2, 0) is 4.79 Å². The average molecular weight is 513 g/mol. The van der Waals surface area contributed by atoms with Crippen molar-refractivity contribution in [3.63, 3.8) is 0 Å². The molecule has 0 spiro atoms. The first kappa shape index (κ1) is 25.8. The van der Waals surface area contributed by atoms with Gasteiger partial charge in [-0.25, -0.2) is 4.79 Å². The van der Waals surface area contributed by atoms with E-state index in [0.717, 1.165) is 59.3 Å². The number of fused-ring (bicyclic) bond motifs is 1. The van der Waals surface area contributed by atoms with Gasteiger partial charge >= 0.3 is 12.0 Å². The Kier molecular flexibility index (Phi) is 7.41. The van der Waals surface area contributed by atoms with E-state index in [1.807, 2.05) is 57.2 Å². The summed E-state index contributed by atoms with van der Waals surface area (Å²) < 4.78 is 6.16. The summed E-state index contributed by atoms with van der Waals surface area (Å²) in [5.41, 5.74) is 7.18. The topological polar surface area (TPSA) is 78.9 Å². The number of carbonyl (C=O) groups excluding carboxylic acids is 1. The van der Waals surface area contributed by atoms with Gasteiger partial charge in [-0.05, 0) is 104 Å². The van der Waals surface area contributed by atoms with E-state index in [9.17, 15) is 9.59 Å². The number of nitrogens with one attached hydrogen (secondary N) is 1. The molecule has 5 rings (SSSR count). The highest BCUT2D eigenvalue weighted by atomic mass is 16.5. The maximum absolute atomic E-state index is 13.3. The Hall–Kier alpha value is -3.80. The minimum absolute atomic E-state index is 0.124. The number of rotatable bonds is 5. The molecule has 0 radical (unpaired) electrons. The molecule has 0 aromatic heterocycles. The molecule has 1 saturated carbocycles. The van der Waals surface area contributed by atoms with Gasteiger partial charge < -0.3 is 15.2 Å². The van der Waals surface area contributed by atoms with Crippen LogP contribution in [0.25, 0.3) is 11.1 Å². The average Bonchev–Trinajstić information content (AvgIpc) is 2.90. The van der Waals surface area contributed by atoms with Crippen LogP contribution in [0, 0.1) is 19.8 Å². The van der Waals surface area contributed by atoms with E-state index in [1.54, 1.807) is 4.90 Å². The smallest absolute Gasteiger partial charge is 0.326 e. The third-order valence-corrected chi connectivity index (χ3v) is 7.92. The first-order valence-electron chi connectivity index (χ1n) is 13.6. The Balaban J connectivity index is 1.30. The van der Waals surface area contributed by atoms with Crippen molar-refractivity contribution in [3.05, 3.63) is 77.4 Å². The molecule has 1 fully saturated rings. The Morgan fingerprint density at radius 3 is 2.37 bits per heavy atom. The number of carboxylic acid groups (broad SMARTS) is 1. The summed E-state index contributed by atoms with van der Waals surface area (Å²) in [7, 11) is 0. The van der Waals surface area contributed by atoms with E-state index in [1.165, 1.54) is 5.56 Å². The third kappa shape index (κ3) is 5.69. The van der Waals surface area contributed by atoms with Crippen LogP contribution in [0.5, 0.6) is 5.75 Å². The fourth-order valence-corrected chi connectivity index (χ4v) is 5.76.